The van der Waals surface area contributed by atoms with Crippen molar-refractivity contribution in [3.63, 3.8) is 0 Å². The van der Waals surface area contributed by atoms with E-state index in [1.165, 1.54) is 6.08 Å². The van der Waals surface area contributed by atoms with Crippen molar-refractivity contribution < 1.29 is 9.90 Å². The van der Waals surface area contributed by atoms with Crippen LogP contribution in [0.5, 0.6) is 0 Å². The molecule has 0 fully saturated rings. The first-order valence-corrected chi connectivity index (χ1v) is 5.89. The SMILES string of the molecule is O=C(O)/C=C1/c2ccccc2-c2c(Cl)cccc21. The van der Waals surface area contributed by atoms with Gasteiger partial charge < -0.3 is 5.11 Å². The topological polar surface area (TPSA) is 37.3 Å². The van der Waals surface area contributed by atoms with Crippen molar-refractivity contribution in [3.05, 3.63) is 64.7 Å². The van der Waals surface area contributed by atoms with E-state index in [0.717, 1.165) is 27.8 Å². The lowest BCUT2D eigenvalue weighted by molar-refractivity contribution is -0.131. The third-order valence-corrected chi connectivity index (χ3v) is 3.37. The van der Waals surface area contributed by atoms with Gasteiger partial charge >= 0.3 is 5.97 Å². The molecule has 3 heteroatoms. The maximum Gasteiger partial charge on any atom is 0.328 e. The summed E-state index contributed by atoms with van der Waals surface area (Å²) in [5.41, 5.74) is 4.43. The summed E-state index contributed by atoms with van der Waals surface area (Å²) in [5, 5.41) is 9.63. The molecule has 0 aromatic heterocycles. The number of aliphatic carboxylic acids is 1. The Kier molecular flexibility index (Phi) is 2.46. The van der Waals surface area contributed by atoms with E-state index in [9.17, 15) is 4.79 Å². The van der Waals surface area contributed by atoms with E-state index >= 15 is 0 Å². The van der Waals surface area contributed by atoms with Gasteiger partial charge in [-0.3, -0.25) is 0 Å². The fourth-order valence-electron chi connectivity index (χ4n) is 2.38. The molecule has 2 aromatic rings. The van der Waals surface area contributed by atoms with Crippen LogP contribution in [0.1, 0.15) is 11.1 Å². The normalized spacial score (nSPS) is 14.4. The lowest BCUT2D eigenvalue weighted by Gasteiger charge is -2.02. The molecule has 0 amide bonds. The first-order chi connectivity index (χ1) is 8.68. The summed E-state index contributed by atoms with van der Waals surface area (Å²) in [6, 6.07) is 13.3. The lowest BCUT2D eigenvalue weighted by Crippen LogP contribution is -1.91. The molecule has 2 aromatic carbocycles. The van der Waals surface area contributed by atoms with Crippen molar-refractivity contribution in [1.29, 1.82) is 0 Å². The van der Waals surface area contributed by atoms with E-state index in [1.807, 2.05) is 42.5 Å². The number of hydrogen-bond acceptors (Lipinski definition) is 1. The van der Waals surface area contributed by atoms with Crippen LogP contribution >= 0.6 is 11.6 Å². The minimum Gasteiger partial charge on any atom is -0.478 e. The molecular weight excluding hydrogens is 248 g/mol. The third-order valence-electron chi connectivity index (χ3n) is 3.06. The van der Waals surface area contributed by atoms with Crippen LogP contribution in [-0.4, -0.2) is 11.1 Å². The van der Waals surface area contributed by atoms with E-state index in [-0.39, 0.29) is 0 Å². The zero-order chi connectivity index (χ0) is 12.7. The highest BCUT2D eigenvalue weighted by molar-refractivity contribution is 6.34. The number of carboxylic acids is 1. The zero-order valence-corrected chi connectivity index (χ0v) is 10.1. The maximum atomic E-state index is 11.0. The van der Waals surface area contributed by atoms with Gasteiger partial charge in [-0.15, -0.1) is 0 Å². The Morgan fingerprint density at radius 2 is 1.67 bits per heavy atom. The quantitative estimate of drug-likeness (QED) is 0.672. The predicted octanol–water partition coefficient (Wildman–Crippen LogP) is 3.84. The fourth-order valence-corrected chi connectivity index (χ4v) is 2.66. The van der Waals surface area contributed by atoms with Crippen LogP contribution in [0.25, 0.3) is 16.7 Å². The van der Waals surface area contributed by atoms with Crippen LogP contribution in [0.2, 0.25) is 5.02 Å². The van der Waals surface area contributed by atoms with Gasteiger partial charge in [0.05, 0.1) is 0 Å². The highest BCUT2D eigenvalue weighted by Gasteiger charge is 2.25. The number of fused-ring (bicyclic) bond motifs is 3. The molecule has 0 saturated carbocycles. The molecule has 0 saturated heterocycles. The molecule has 1 N–H and O–H groups in total. The summed E-state index contributed by atoms with van der Waals surface area (Å²) >= 11 is 6.22. The minimum absolute atomic E-state index is 0.647. The minimum atomic E-state index is -0.951. The van der Waals surface area contributed by atoms with Gasteiger partial charge in [0.15, 0.2) is 0 Å². The average Bonchev–Trinajstić information content (AvgIpc) is 2.65. The summed E-state index contributed by atoms with van der Waals surface area (Å²) < 4.78 is 0. The Labute approximate surface area is 109 Å². The van der Waals surface area contributed by atoms with Crippen molar-refractivity contribution in [2.45, 2.75) is 0 Å². The van der Waals surface area contributed by atoms with E-state index in [2.05, 4.69) is 0 Å². The Morgan fingerprint density at radius 3 is 2.39 bits per heavy atom. The van der Waals surface area contributed by atoms with E-state index in [0.29, 0.717) is 5.02 Å². The van der Waals surface area contributed by atoms with Crippen LogP contribution in [0, 0.1) is 0 Å². The van der Waals surface area contributed by atoms with E-state index in [1.54, 1.807) is 0 Å². The van der Waals surface area contributed by atoms with Crippen molar-refractivity contribution in [2.75, 3.05) is 0 Å². The van der Waals surface area contributed by atoms with Gasteiger partial charge in [0, 0.05) is 16.7 Å². The molecule has 88 valence electrons. The molecular formula is C15H9ClO2. The van der Waals surface area contributed by atoms with Gasteiger partial charge in [0.1, 0.15) is 0 Å². The summed E-state index contributed by atoms with van der Waals surface area (Å²) in [5.74, 6) is -0.951. The fraction of sp³-hybridized carbons (Fsp3) is 0. The molecule has 0 aliphatic heterocycles. The van der Waals surface area contributed by atoms with Crippen LogP contribution in [-0.2, 0) is 4.79 Å². The van der Waals surface area contributed by atoms with Crippen molar-refractivity contribution in [2.24, 2.45) is 0 Å². The smallest absolute Gasteiger partial charge is 0.328 e. The number of carboxylic acid groups (broad SMARTS) is 1. The molecule has 0 spiro atoms. The Balaban J connectivity index is 2.39. The van der Waals surface area contributed by atoms with Crippen LogP contribution in [0.3, 0.4) is 0 Å². The monoisotopic (exact) mass is 256 g/mol. The number of carbonyl (C=O) groups is 1. The Morgan fingerprint density at radius 1 is 1.00 bits per heavy atom. The second-order valence-electron chi connectivity index (χ2n) is 4.10. The standard InChI is InChI=1S/C15H9ClO2/c16-13-7-3-6-11-12(8-14(17)18)9-4-1-2-5-10(9)15(11)13/h1-8H,(H,17,18)/b12-8-. The molecule has 1 aliphatic rings. The highest BCUT2D eigenvalue weighted by Crippen LogP contribution is 2.47. The largest absolute Gasteiger partial charge is 0.478 e. The predicted molar refractivity (Wildman–Crippen MR) is 71.6 cm³/mol. The molecule has 1 aliphatic carbocycles. The number of rotatable bonds is 1. The first kappa shape index (κ1) is 11.1. The van der Waals surface area contributed by atoms with Crippen LogP contribution in [0.4, 0.5) is 0 Å². The number of halogens is 1. The van der Waals surface area contributed by atoms with Crippen LogP contribution < -0.4 is 0 Å². The molecule has 0 radical (unpaired) electrons. The summed E-state index contributed by atoms with van der Waals surface area (Å²) in [6.45, 7) is 0. The number of hydrogen-bond donors (Lipinski definition) is 1. The van der Waals surface area contributed by atoms with Gasteiger partial charge in [-0.2, -0.15) is 0 Å². The summed E-state index contributed by atoms with van der Waals surface area (Å²) in [6.07, 6.45) is 1.24. The Bertz CT molecular complexity index is 687. The molecule has 0 heterocycles. The van der Waals surface area contributed by atoms with Gasteiger partial charge in [-0.25, -0.2) is 4.79 Å². The molecule has 0 unspecified atom stereocenters. The van der Waals surface area contributed by atoms with Crippen molar-refractivity contribution in [1.82, 2.24) is 0 Å². The lowest BCUT2D eigenvalue weighted by atomic mass is 10.0. The second kappa shape index (κ2) is 4.00. The van der Waals surface area contributed by atoms with Gasteiger partial charge in [-0.1, -0.05) is 48.0 Å². The van der Waals surface area contributed by atoms with Crippen molar-refractivity contribution in [3.8, 4) is 11.1 Å². The first-order valence-electron chi connectivity index (χ1n) is 5.52. The van der Waals surface area contributed by atoms with Crippen LogP contribution in [0.15, 0.2) is 48.5 Å². The maximum absolute atomic E-state index is 11.0. The molecule has 3 rings (SSSR count). The number of benzene rings is 2. The Hall–Kier alpha value is -2.06. The molecule has 18 heavy (non-hydrogen) atoms. The molecule has 0 atom stereocenters. The van der Waals surface area contributed by atoms with Gasteiger partial charge in [0.25, 0.3) is 0 Å². The zero-order valence-electron chi connectivity index (χ0n) is 9.35. The summed E-state index contributed by atoms with van der Waals surface area (Å²) in [7, 11) is 0. The van der Waals surface area contributed by atoms with Crippen molar-refractivity contribution >= 4 is 23.1 Å². The van der Waals surface area contributed by atoms with E-state index < -0.39 is 5.97 Å². The highest BCUT2D eigenvalue weighted by atomic mass is 35.5. The summed E-state index contributed by atoms with van der Waals surface area (Å²) in [4.78, 5) is 11.0. The van der Waals surface area contributed by atoms with Gasteiger partial charge in [0.2, 0.25) is 0 Å². The molecule has 2 nitrogen and oxygen atoms in total. The van der Waals surface area contributed by atoms with E-state index in [4.69, 9.17) is 16.7 Å². The second-order valence-corrected chi connectivity index (χ2v) is 4.51. The average molecular weight is 257 g/mol. The third kappa shape index (κ3) is 1.54. The molecule has 0 bridgehead atoms. The van der Waals surface area contributed by atoms with Gasteiger partial charge in [-0.05, 0) is 28.3 Å².